The number of thioether (sulfide) groups is 2. The number of aromatic hydroxyl groups is 1. The van der Waals surface area contributed by atoms with Crippen LogP contribution in [0, 0.1) is 12.3 Å². The molecule has 0 spiro atoms. The summed E-state index contributed by atoms with van der Waals surface area (Å²) in [4.78, 5) is 0. The number of rotatable bonds is 24. The quantitative estimate of drug-likeness (QED) is 0.113. The van der Waals surface area contributed by atoms with E-state index in [0.717, 1.165) is 23.5 Å². The highest BCUT2D eigenvalue weighted by atomic mass is 32.2. The standard InChI is InChI=1S/C41H76OS2/c1-13-15-17-19-21-23-25-27-40(9,10)43-30-34-29-33(3)37(42)35(36(34)39(7,8)32-38(4,5)6)31-44-41(11,12)28-26-24-22-20-18-16-14-2/h29,42H,13-28,30-32H2,1-12H3. The molecule has 0 amide bonds. The van der Waals surface area contributed by atoms with Crippen molar-refractivity contribution in [2.75, 3.05) is 0 Å². The van der Waals surface area contributed by atoms with Crippen LogP contribution in [-0.4, -0.2) is 14.6 Å². The minimum Gasteiger partial charge on any atom is -0.507 e. The summed E-state index contributed by atoms with van der Waals surface area (Å²) in [5.41, 5.74) is 5.33. The van der Waals surface area contributed by atoms with Crippen LogP contribution >= 0.6 is 23.5 Å². The zero-order valence-corrected chi connectivity index (χ0v) is 33.4. The number of hydrogen-bond acceptors (Lipinski definition) is 3. The number of unbranched alkanes of at least 4 members (excludes halogenated alkanes) is 12. The summed E-state index contributed by atoms with van der Waals surface area (Å²) in [6.07, 6.45) is 22.7. The van der Waals surface area contributed by atoms with Crippen LogP contribution in [0.15, 0.2) is 6.07 Å². The molecule has 0 radical (unpaired) electrons. The molecule has 0 aliphatic rings. The Labute approximate surface area is 285 Å². The molecule has 3 heteroatoms. The molecular weight excluding hydrogens is 573 g/mol. The summed E-state index contributed by atoms with van der Waals surface area (Å²) < 4.78 is 0.465. The lowest BCUT2D eigenvalue weighted by atomic mass is 9.69. The molecule has 0 aliphatic heterocycles. The lowest BCUT2D eigenvalue weighted by Crippen LogP contribution is -2.28. The fourth-order valence-corrected chi connectivity index (χ4v) is 9.33. The van der Waals surface area contributed by atoms with Crippen LogP contribution in [0.25, 0.3) is 0 Å². The van der Waals surface area contributed by atoms with Crippen molar-refractivity contribution in [2.24, 2.45) is 5.41 Å². The molecule has 0 aromatic heterocycles. The number of hydrogen-bond donors (Lipinski definition) is 1. The molecule has 0 saturated heterocycles. The second kappa shape index (κ2) is 20.2. The Kier molecular flexibility index (Phi) is 19.1. The van der Waals surface area contributed by atoms with Crippen molar-refractivity contribution in [1.29, 1.82) is 0 Å². The highest BCUT2D eigenvalue weighted by Crippen LogP contribution is 2.47. The maximum atomic E-state index is 11.6. The first kappa shape index (κ1) is 41.7. The third kappa shape index (κ3) is 17.0. The summed E-state index contributed by atoms with van der Waals surface area (Å²) in [6, 6.07) is 2.32. The van der Waals surface area contributed by atoms with Gasteiger partial charge in [-0.05, 0) is 53.7 Å². The largest absolute Gasteiger partial charge is 0.507 e. The Bertz CT molecular complexity index is 922. The molecule has 1 aromatic rings. The molecule has 1 aromatic carbocycles. The Morgan fingerprint density at radius 3 is 1.43 bits per heavy atom. The molecule has 1 N–H and O–H groups in total. The van der Waals surface area contributed by atoms with E-state index in [2.05, 4.69) is 113 Å². The van der Waals surface area contributed by atoms with E-state index in [9.17, 15) is 5.11 Å². The molecule has 258 valence electrons. The molecule has 0 saturated carbocycles. The van der Waals surface area contributed by atoms with Crippen LogP contribution < -0.4 is 0 Å². The highest BCUT2D eigenvalue weighted by Gasteiger charge is 2.34. The Morgan fingerprint density at radius 1 is 0.591 bits per heavy atom. The van der Waals surface area contributed by atoms with E-state index in [1.807, 2.05) is 0 Å². The third-order valence-electron chi connectivity index (χ3n) is 9.31. The lowest BCUT2D eigenvalue weighted by molar-refractivity contribution is 0.281. The molecule has 1 nitrogen and oxygen atoms in total. The lowest BCUT2D eigenvalue weighted by Gasteiger charge is -2.37. The average molecular weight is 649 g/mol. The normalized spacial score (nSPS) is 13.2. The maximum Gasteiger partial charge on any atom is 0.122 e. The van der Waals surface area contributed by atoms with Gasteiger partial charge in [-0.25, -0.2) is 0 Å². The molecule has 44 heavy (non-hydrogen) atoms. The molecule has 0 atom stereocenters. The van der Waals surface area contributed by atoms with Crippen LogP contribution in [0.4, 0.5) is 0 Å². The summed E-state index contributed by atoms with van der Waals surface area (Å²) in [6.45, 7) is 28.4. The van der Waals surface area contributed by atoms with Crippen LogP contribution in [0.1, 0.15) is 208 Å². The van der Waals surface area contributed by atoms with Gasteiger partial charge in [0.15, 0.2) is 0 Å². The molecule has 0 aliphatic carbocycles. The van der Waals surface area contributed by atoms with Gasteiger partial charge in [0.05, 0.1) is 0 Å². The smallest absolute Gasteiger partial charge is 0.122 e. The van der Waals surface area contributed by atoms with E-state index in [-0.39, 0.29) is 20.3 Å². The van der Waals surface area contributed by atoms with Crippen molar-refractivity contribution in [1.82, 2.24) is 0 Å². The van der Waals surface area contributed by atoms with Crippen LogP contribution in [0.5, 0.6) is 5.75 Å². The van der Waals surface area contributed by atoms with Crippen molar-refractivity contribution in [2.45, 2.75) is 219 Å². The third-order valence-corrected chi connectivity index (χ3v) is 12.2. The first-order chi connectivity index (χ1) is 20.4. The number of benzene rings is 1. The maximum absolute atomic E-state index is 11.6. The van der Waals surface area contributed by atoms with E-state index in [1.54, 1.807) is 0 Å². The van der Waals surface area contributed by atoms with Gasteiger partial charge >= 0.3 is 0 Å². The number of phenols is 1. The van der Waals surface area contributed by atoms with Gasteiger partial charge in [-0.2, -0.15) is 23.5 Å². The first-order valence-corrected chi connectivity index (χ1v) is 20.5. The van der Waals surface area contributed by atoms with E-state index >= 15 is 0 Å². The van der Waals surface area contributed by atoms with Crippen molar-refractivity contribution in [3.8, 4) is 5.75 Å². The Morgan fingerprint density at radius 2 is 1.00 bits per heavy atom. The van der Waals surface area contributed by atoms with Gasteiger partial charge in [-0.15, -0.1) is 0 Å². The molecular formula is C41H76OS2. The topological polar surface area (TPSA) is 20.2 Å². The van der Waals surface area contributed by atoms with Gasteiger partial charge in [-0.3, -0.25) is 0 Å². The second-order valence-corrected chi connectivity index (χ2v) is 20.4. The predicted molar refractivity (Wildman–Crippen MR) is 206 cm³/mol. The fraction of sp³-hybridized carbons (Fsp3) is 0.854. The predicted octanol–water partition coefficient (Wildman–Crippen LogP) is 14.7. The minimum absolute atomic E-state index is 0.0134. The SMILES string of the molecule is CCCCCCCCCC(C)(C)SCc1cc(C)c(O)c(CSC(C)(C)CCCCCCCCC)c1C(C)(C)CC(C)(C)C. The molecule has 1 rings (SSSR count). The number of aryl methyl sites for hydroxylation is 1. The molecule has 0 unspecified atom stereocenters. The van der Waals surface area contributed by atoms with Crippen LogP contribution in [0.2, 0.25) is 0 Å². The zero-order chi connectivity index (χ0) is 33.4. The summed E-state index contributed by atoms with van der Waals surface area (Å²) in [5.74, 6) is 2.45. The van der Waals surface area contributed by atoms with E-state index in [1.165, 1.54) is 119 Å². The van der Waals surface area contributed by atoms with Crippen molar-refractivity contribution in [3.05, 3.63) is 28.3 Å². The summed E-state index contributed by atoms with van der Waals surface area (Å²) >= 11 is 4.19. The first-order valence-electron chi connectivity index (χ1n) is 18.6. The van der Waals surface area contributed by atoms with Gasteiger partial charge in [0.2, 0.25) is 0 Å². The monoisotopic (exact) mass is 649 g/mol. The van der Waals surface area contributed by atoms with Gasteiger partial charge in [0.25, 0.3) is 0 Å². The van der Waals surface area contributed by atoms with Gasteiger partial charge in [0.1, 0.15) is 5.75 Å². The summed E-state index contributed by atoms with van der Waals surface area (Å²) in [7, 11) is 0. The Balaban J connectivity index is 3.11. The Hall–Kier alpha value is -0.280. The molecule has 0 bridgehead atoms. The average Bonchev–Trinajstić information content (AvgIpc) is 2.90. The van der Waals surface area contributed by atoms with E-state index in [0.29, 0.717) is 5.75 Å². The second-order valence-electron chi connectivity index (χ2n) is 17.0. The zero-order valence-electron chi connectivity index (χ0n) is 31.8. The van der Waals surface area contributed by atoms with E-state index < -0.39 is 0 Å². The van der Waals surface area contributed by atoms with Gasteiger partial charge in [0, 0.05) is 26.6 Å². The molecule has 0 fully saturated rings. The van der Waals surface area contributed by atoms with Crippen LogP contribution in [0.3, 0.4) is 0 Å². The highest BCUT2D eigenvalue weighted by molar-refractivity contribution is 8.00. The van der Waals surface area contributed by atoms with Crippen molar-refractivity contribution >= 4 is 23.5 Å². The van der Waals surface area contributed by atoms with Gasteiger partial charge < -0.3 is 5.11 Å². The summed E-state index contributed by atoms with van der Waals surface area (Å²) in [5, 5.41) is 11.6. The van der Waals surface area contributed by atoms with Crippen molar-refractivity contribution in [3.63, 3.8) is 0 Å². The minimum atomic E-state index is -0.0134. The van der Waals surface area contributed by atoms with E-state index in [4.69, 9.17) is 0 Å². The van der Waals surface area contributed by atoms with Crippen molar-refractivity contribution < 1.29 is 5.11 Å². The van der Waals surface area contributed by atoms with Crippen LogP contribution in [-0.2, 0) is 16.9 Å². The fourth-order valence-electron chi connectivity index (χ4n) is 7.16. The van der Waals surface area contributed by atoms with Gasteiger partial charge in [-0.1, -0.05) is 172 Å². The number of phenolic OH excluding ortho intramolecular Hbond substituents is 1. The molecule has 0 heterocycles.